The van der Waals surface area contributed by atoms with Gasteiger partial charge >= 0.3 is 0 Å². The van der Waals surface area contributed by atoms with Gasteiger partial charge in [-0.25, -0.2) is 0 Å². The molecule has 35 heavy (non-hydrogen) atoms. The second-order valence-electron chi connectivity index (χ2n) is 8.51. The highest BCUT2D eigenvalue weighted by Gasteiger charge is 2.37. The van der Waals surface area contributed by atoms with Gasteiger partial charge in [0.2, 0.25) is 5.91 Å². The van der Waals surface area contributed by atoms with Crippen LogP contribution in [0.15, 0.2) is 78.4 Å². The number of benzene rings is 2. The van der Waals surface area contributed by atoms with E-state index in [4.69, 9.17) is 0 Å². The molecule has 1 aromatic heterocycles. The predicted octanol–water partition coefficient (Wildman–Crippen LogP) is 4.21. The first-order chi connectivity index (χ1) is 17.0. The van der Waals surface area contributed by atoms with E-state index in [1.54, 1.807) is 11.0 Å². The van der Waals surface area contributed by atoms with Crippen molar-refractivity contribution >= 4 is 51.5 Å². The summed E-state index contributed by atoms with van der Waals surface area (Å²) in [5, 5.41) is 0.584. The van der Waals surface area contributed by atoms with Gasteiger partial charge in [0, 0.05) is 61.1 Å². The van der Waals surface area contributed by atoms with E-state index in [0.29, 0.717) is 37.6 Å². The Morgan fingerprint density at radius 1 is 0.971 bits per heavy atom. The third-order valence-electron chi connectivity index (χ3n) is 6.35. The summed E-state index contributed by atoms with van der Waals surface area (Å²) >= 11 is 0.884. The highest BCUT2D eigenvalue weighted by Crippen LogP contribution is 2.34. The molecule has 0 unspecified atom stereocenters. The van der Waals surface area contributed by atoms with E-state index in [9.17, 15) is 14.4 Å². The Morgan fingerprint density at radius 2 is 1.69 bits per heavy atom. The number of hydrogen-bond acceptors (Lipinski definition) is 5. The number of fused-ring (bicyclic) bond motifs is 1. The first-order valence-electron chi connectivity index (χ1n) is 11.6. The quantitative estimate of drug-likeness (QED) is 0.386. The monoisotopic (exact) mass is 486 g/mol. The lowest BCUT2D eigenvalue weighted by Gasteiger charge is -2.36. The van der Waals surface area contributed by atoms with Crippen LogP contribution in [-0.4, -0.2) is 64.1 Å². The topological polar surface area (TPSA) is 65.9 Å². The van der Waals surface area contributed by atoms with Crippen molar-refractivity contribution in [1.29, 1.82) is 0 Å². The minimum absolute atomic E-state index is 0.205. The summed E-state index contributed by atoms with van der Waals surface area (Å²) in [5.74, 6) is -0.624. The zero-order valence-corrected chi connectivity index (χ0v) is 20.1. The fourth-order valence-electron chi connectivity index (χ4n) is 4.55. The average molecular weight is 487 g/mol. The summed E-state index contributed by atoms with van der Waals surface area (Å²) < 4.78 is 2.05. The van der Waals surface area contributed by atoms with Gasteiger partial charge in [-0.1, -0.05) is 42.5 Å². The van der Waals surface area contributed by atoms with Gasteiger partial charge in [-0.05, 0) is 36.0 Å². The second kappa shape index (κ2) is 9.84. The standard InChI is InChI=1S/C27H26N4O3S/c1-2-12-30-18-20(22-10-6-7-11-23(22)30)17-24-26(33)31(27(34)35-24)19-25(32)29-15-13-28(14-16-29)21-8-4-3-5-9-21/h2-11,17-18H,1,12-16,19H2/b24-17+. The van der Waals surface area contributed by atoms with Crippen molar-refractivity contribution in [3.63, 3.8) is 0 Å². The number of allylic oxidation sites excluding steroid dienone is 1. The maximum atomic E-state index is 13.1. The number of carbonyl (C=O) groups is 3. The molecule has 2 saturated heterocycles. The van der Waals surface area contributed by atoms with E-state index in [-0.39, 0.29) is 12.5 Å². The van der Waals surface area contributed by atoms with Gasteiger partial charge in [-0.15, -0.1) is 6.58 Å². The van der Waals surface area contributed by atoms with E-state index in [2.05, 4.69) is 28.2 Å². The molecule has 0 saturated carbocycles. The van der Waals surface area contributed by atoms with Crippen LogP contribution in [0.25, 0.3) is 17.0 Å². The average Bonchev–Trinajstić information content (AvgIpc) is 3.37. The van der Waals surface area contributed by atoms with E-state index < -0.39 is 11.1 Å². The van der Waals surface area contributed by atoms with Crippen molar-refractivity contribution in [2.24, 2.45) is 0 Å². The number of rotatable bonds is 6. The number of amides is 3. The molecule has 2 aromatic carbocycles. The lowest BCUT2D eigenvalue weighted by Crippen LogP contribution is -2.51. The minimum atomic E-state index is -0.420. The Labute approximate surface area is 208 Å². The van der Waals surface area contributed by atoms with Gasteiger partial charge in [-0.3, -0.25) is 19.3 Å². The summed E-state index contributed by atoms with van der Waals surface area (Å²) in [6.45, 7) is 6.76. The molecule has 5 rings (SSSR count). The fourth-order valence-corrected chi connectivity index (χ4v) is 5.38. The van der Waals surface area contributed by atoms with Gasteiger partial charge in [0.15, 0.2) is 0 Å². The molecule has 0 atom stereocenters. The molecule has 7 nitrogen and oxygen atoms in total. The van der Waals surface area contributed by atoms with Crippen molar-refractivity contribution in [2.75, 3.05) is 37.6 Å². The van der Waals surface area contributed by atoms with Crippen LogP contribution in [0.1, 0.15) is 5.56 Å². The Morgan fingerprint density at radius 3 is 2.43 bits per heavy atom. The van der Waals surface area contributed by atoms with Crippen LogP contribution in [0, 0.1) is 0 Å². The second-order valence-corrected chi connectivity index (χ2v) is 9.51. The van der Waals surface area contributed by atoms with Gasteiger partial charge in [0.25, 0.3) is 11.1 Å². The molecule has 0 bridgehead atoms. The van der Waals surface area contributed by atoms with Gasteiger partial charge in [-0.2, -0.15) is 0 Å². The molecule has 0 spiro atoms. The molecule has 0 N–H and O–H groups in total. The first kappa shape index (κ1) is 23.0. The fraction of sp³-hybridized carbons (Fsp3) is 0.222. The number of carbonyl (C=O) groups excluding carboxylic acids is 3. The number of aromatic nitrogens is 1. The maximum absolute atomic E-state index is 13.1. The van der Waals surface area contributed by atoms with Crippen molar-refractivity contribution in [3.8, 4) is 0 Å². The summed E-state index contributed by atoms with van der Waals surface area (Å²) in [4.78, 5) is 44.0. The zero-order chi connectivity index (χ0) is 24.4. The number of piperazine rings is 1. The number of thioether (sulfide) groups is 1. The molecule has 8 heteroatoms. The van der Waals surface area contributed by atoms with Crippen LogP contribution in [-0.2, 0) is 16.1 Å². The molecule has 3 amide bonds. The number of anilines is 1. The smallest absolute Gasteiger partial charge is 0.294 e. The third kappa shape index (κ3) is 4.61. The Hall–Kier alpha value is -3.78. The number of imide groups is 1. The van der Waals surface area contributed by atoms with E-state index in [0.717, 1.165) is 38.8 Å². The molecular formula is C27H26N4O3S. The summed E-state index contributed by atoms with van der Waals surface area (Å²) in [6.07, 6.45) is 5.52. The minimum Gasteiger partial charge on any atom is -0.368 e. The maximum Gasteiger partial charge on any atom is 0.294 e. The van der Waals surface area contributed by atoms with Crippen molar-refractivity contribution in [3.05, 3.63) is 83.9 Å². The molecule has 178 valence electrons. The van der Waals surface area contributed by atoms with Gasteiger partial charge in [0.05, 0.1) is 4.91 Å². The van der Waals surface area contributed by atoms with Crippen molar-refractivity contribution in [2.45, 2.75) is 6.54 Å². The first-order valence-corrected chi connectivity index (χ1v) is 12.4. The summed E-state index contributed by atoms with van der Waals surface area (Å²) in [6, 6.07) is 18.0. The highest BCUT2D eigenvalue weighted by atomic mass is 32.2. The number of nitrogens with zero attached hydrogens (tertiary/aromatic N) is 4. The lowest BCUT2D eigenvalue weighted by atomic mass is 10.1. The van der Waals surface area contributed by atoms with E-state index >= 15 is 0 Å². The molecule has 3 aromatic rings. The van der Waals surface area contributed by atoms with Gasteiger partial charge in [0.1, 0.15) is 6.54 Å². The SMILES string of the molecule is C=CCn1cc(/C=C2/SC(=O)N(CC(=O)N3CCN(c4ccccc4)CC3)C2=O)c2ccccc21. The van der Waals surface area contributed by atoms with Crippen LogP contribution in [0.3, 0.4) is 0 Å². The van der Waals surface area contributed by atoms with Crippen molar-refractivity contribution in [1.82, 2.24) is 14.4 Å². The highest BCUT2D eigenvalue weighted by molar-refractivity contribution is 8.18. The third-order valence-corrected chi connectivity index (χ3v) is 7.26. The largest absolute Gasteiger partial charge is 0.368 e. The van der Waals surface area contributed by atoms with Gasteiger partial charge < -0.3 is 14.4 Å². The molecule has 2 fully saturated rings. The van der Waals surface area contributed by atoms with Crippen LogP contribution in [0.2, 0.25) is 0 Å². The number of para-hydroxylation sites is 2. The molecule has 3 heterocycles. The zero-order valence-electron chi connectivity index (χ0n) is 19.3. The Bertz CT molecular complexity index is 1320. The molecule has 0 aliphatic carbocycles. The van der Waals surface area contributed by atoms with Crippen LogP contribution < -0.4 is 4.90 Å². The Kier molecular flexibility index (Phi) is 6.46. The van der Waals surface area contributed by atoms with Crippen LogP contribution in [0.4, 0.5) is 10.5 Å². The van der Waals surface area contributed by atoms with Crippen LogP contribution >= 0.6 is 11.8 Å². The predicted molar refractivity (Wildman–Crippen MR) is 140 cm³/mol. The molecular weight excluding hydrogens is 460 g/mol. The normalized spacial score (nSPS) is 17.6. The van der Waals surface area contributed by atoms with Crippen LogP contribution in [0.5, 0.6) is 0 Å². The van der Waals surface area contributed by atoms with E-state index in [1.165, 1.54) is 0 Å². The Balaban J connectivity index is 1.27. The van der Waals surface area contributed by atoms with E-state index in [1.807, 2.05) is 54.7 Å². The molecule has 0 radical (unpaired) electrons. The molecule has 2 aliphatic heterocycles. The molecule has 2 aliphatic rings. The summed E-state index contributed by atoms with van der Waals surface area (Å²) in [7, 11) is 0. The summed E-state index contributed by atoms with van der Waals surface area (Å²) in [5.41, 5.74) is 3.02. The lowest BCUT2D eigenvalue weighted by molar-refractivity contribution is -0.136. The number of hydrogen-bond donors (Lipinski definition) is 0. The van der Waals surface area contributed by atoms with Crippen molar-refractivity contribution < 1.29 is 14.4 Å².